The third kappa shape index (κ3) is 4.92. The first-order chi connectivity index (χ1) is 12.1. The molecule has 3 saturated heterocycles. The second kappa shape index (κ2) is 8.96. The molecule has 7 heteroatoms. The van der Waals surface area contributed by atoms with Crippen LogP contribution in [-0.2, 0) is 14.3 Å². The summed E-state index contributed by atoms with van der Waals surface area (Å²) in [5.41, 5.74) is 0. The highest BCUT2D eigenvalue weighted by Gasteiger charge is 2.30. The van der Waals surface area contributed by atoms with Crippen molar-refractivity contribution in [2.75, 3.05) is 65.6 Å². The van der Waals surface area contributed by atoms with Crippen molar-refractivity contribution in [3.63, 3.8) is 0 Å². The maximum absolute atomic E-state index is 12.6. The number of carbonyl (C=O) groups excluding carboxylic acids is 2. The van der Waals surface area contributed by atoms with Crippen LogP contribution in [0.25, 0.3) is 0 Å². The van der Waals surface area contributed by atoms with Crippen LogP contribution in [0.15, 0.2) is 0 Å². The summed E-state index contributed by atoms with van der Waals surface area (Å²) in [4.78, 5) is 31.1. The van der Waals surface area contributed by atoms with Crippen molar-refractivity contribution in [3.05, 3.63) is 0 Å². The lowest BCUT2D eigenvalue weighted by Crippen LogP contribution is -2.56. The summed E-state index contributed by atoms with van der Waals surface area (Å²) >= 11 is 0. The van der Waals surface area contributed by atoms with E-state index >= 15 is 0 Å². The number of hydrogen-bond acceptors (Lipinski definition) is 5. The number of rotatable bonds is 5. The third-order valence-corrected chi connectivity index (χ3v) is 5.82. The van der Waals surface area contributed by atoms with E-state index in [0.29, 0.717) is 38.6 Å². The van der Waals surface area contributed by atoms with E-state index in [-0.39, 0.29) is 17.9 Å². The highest BCUT2D eigenvalue weighted by molar-refractivity contribution is 5.81. The first kappa shape index (κ1) is 18.6. The maximum atomic E-state index is 12.6. The second-order valence-electron chi connectivity index (χ2n) is 7.43. The van der Waals surface area contributed by atoms with E-state index in [2.05, 4.69) is 10.2 Å². The fourth-order valence-corrected chi connectivity index (χ4v) is 4.01. The molecule has 142 valence electrons. The quantitative estimate of drug-likeness (QED) is 0.740. The molecule has 2 unspecified atom stereocenters. The molecule has 1 N–H and O–H groups in total. The van der Waals surface area contributed by atoms with Crippen LogP contribution in [0.5, 0.6) is 0 Å². The van der Waals surface area contributed by atoms with Gasteiger partial charge in [0.05, 0.1) is 19.3 Å². The Morgan fingerprint density at radius 1 is 1.08 bits per heavy atom. The summed E-state index contributed by atoms with van der Waals surface area (Å²) in [6.45, 7) is 9.84. The average molecular weight is 352 g/mol. The van der Waals surface area contributed by atoms with Crippen LogP contribution in [0.2, 0.25) is 0 Å². The van der Waals surface area contributed by atoms with Gasteiger partial charge in [0.2, 0.25) is 11.8 Å². The molecular weight excluding hydrogens is 320 g/mol. The van der Waals surface area contributed by atoms with Crippen molar-refractivity contribution in [3.8, 4) is 0 Å². The van der Waals surface area contributed by atoms with Crippen LogP contribution in [0.4, 0.5) is 0 Å². The number of nitrogens with zero attached hydrogens (tertiary/aromatic N) is 3. The van der Waals surface area contributed by atoms with E-state index in [0.717, 1.165) is 45.7 Å². The Morgan fingerprint density at radius 2 is 1.80 bits per heavy atom. The van der Waals surface area contributed by atoms with E-state index in [1.807, 2.05) is 16.7 Å². The van der Waals surface area contributed by atoms with Gasteiger partial charge in [0.15, 0.2) is 0 Å². The summed E-state index contributed by atoms with van der Waals surface area (Å²) in [6.07, 6.45) is 2.86. The van der Waals surface area contributed by atoms with E-state index in [1.54, 1.807) is 0 Å². The van der Waals surface area contributed by atoms with Crippen LogP contribution < -0.4 is 5.32 Å². The van der Waals surface area contributed by atoms with Gasteiger partial charge in [-0.05, 0) is 38.8 Å². The minimum Gasteiger partial charge on any atom is -0.378 e. The zero-order valence-corrected chi connectivity index (χ0v) is 15.4. The Balaban J connectivity index is 1.39. The highest BCUT2D eigenvalue weighted by atomic mass is 16.5. The van der Waals surface area contributed by atoms with Crippen LogP contribution in [-0.4, -0.2) is 98.1 Å². The zero-order chi connectivity index (χ0) is 17.6. The first-order valence-electron chi connectivity index (χ1n) is 9.74. The van der Waals surface area contributed by atoms with Crippen molar-refractivity contribution in [1.29, 1.82) is 0 Å². The number of ether oxygens (including phenoxy) is 1. The molecule has 0 radical (unpaired) electrons. The summed E-state index contributed by atoms with van der Waals surface area (Å²) in [6, 6.07) is -0.111. The van der Waals surface area contributed by atoms with E-state index in [9.17, 15) is 9.59 Å². The molecule has 0 bridgehead atoms. The minimum atomic E-state index is -0.111. The minimum absolute atomic E-state index is 0.111. The highest BCUT2D eigenvalue weighted by Crippen LogP contribution is 2.16. The van der Waals surface area contributed by atoms with Crippen LogP contribution in [0.1, 0.15) is 26.2 Å². The van der Waals surface area contributed by atoms with Gasteiger partial charge in [-0.3, -0.25) is 14.5 Å². The molecule has 3 aliphatic heterocycles. The number of nitrogens with one attached hydrogen (secondary N) is 1. The fourth-order valence-electron chi connectivity index (χ4n) is 4.01. The monoisotopic (exact) mass is 352 g/mol. The molecule has 0 spiro atoms. The van der Waals surface area contributed by atoms with Crippen LogP contribution in [0, 0.1) is 5.92 Å². The molecule has 2 atom stereocenters. The second-order valence-corrected chi connectivity index (χ2v) is 7.43. The Hall–Kier alpha value is -1.18. The van der Waals surface area contributed by atoms with Gasteiger partial charge in [-0.1, -0.05) is 0 Å². The Morgan fingerprint density at radius 3 is 2.44 bits per heavy atom. The maximum Gasteiger partial charge on any atom is 0.239 e. The summed E-state index contributed by atoms with van der Waals surface area (Å²) in [7, 11) is 0. The number of amides is 2. The largest absolute Gasteiger partial charge is 0.378 e. The topological polar surface area (TPSA) is 65.1 Å². The smallest absolute Gasteiger partial charge is 0.239 e. The normalized spacial score (nSPS) is 26.7. The molecule has 0 aromatic heterocycles. The van der Waals surface area contributed by atoms with Gasteiger partial charge in [0, 0.05) is 45.7 Å². The molecule has 0 aliphatic carbocycles. The average Bonchev–Trinajstić information content (AvgIpc) is 3.19. The summed E-state index contributed by atoms with van der Waals surface area (Å²) < 4.78 is 5.32. The molecule has 3 heterocycles. The number of carbonyl (C=O) groups is 2. The van der Waals surface area contributed by atoms with Crippen LogP contribution >= 0.6 is 0 Å². The molecule has 3 rings (SSSR count). The summed E-state index contributed by atoms with van der Waals surface area (Å²) in [5, 5.41) is 3.36. The van der Waals surface area contributed by atoms with Gasteiger partial charge in [-0.15, -0.1) is 0 Å². The van der Waals surface area contributed by atoms with Crippen molar-refractivity contribution in [2.45, 2.75) is 32.2 Å². The predicted molar refractivity (Wildman–Crippen MR) is 95.2 cm³/mol. The molecule has 25 heavy (non-hydrogen) atoms. The lowest BCUT2D eigenvalue weighted by Gasteiger charge is -2.39. The van der Waals surface area contributed by atoms with Crippen molar-refractivity contribution >= 4 is 11.8 Å². The first-order valence-corrected chi connectivity index (χ1v) is 9.74. The molecule has 3 fully saturated rings. The Bertz CT molecular complexity index is 453. The zero-order valence-electron chi connectivity index (χ0n) is 15.4. The number of piperazine rings is 1. The van der Waals surface area contributed by atoms with Gasteiger partial charge in [0.25, 0.3) is 0 Å². The molecule has 0 aromatic rings. The van der Waals surface area contributed by atoms with Gasteiger partial charge in [-0.25, -0.2) is 0 Å². The van der Waals surface area contributed by atoms with Gasteiger partial charge in [-0.2, -0.15) is 0 Å². The van der Waals surface area contributed by atoms with Crippen molar-refractivity contribution in [2.24, 2.45) is 5.92 Å². The molecule has 0 saturated carbocycles. The Labute approximate surface area is 150 Å². The number of morpholine rings is 1. The Kier molecular flexibility index (Phi) is 6.67. The van der Waals surface area contributed by atoms with Gasteiger partial charge < -0.3 is 19.9 Å². The van der Waals surface area contributed by atoms with Crippen molar-refractivity contribution < 1.29 is 14.3 Å². The summed E-state index contributed by atoms with van der Waals surface area (Å²) in [5.74, 6) is 1.13. The van der Waals surface area contributed by atoms with E-state index in [4.69, 9.17) is 4.74 Å². The molecule has 2 amide bonds. The van der Waals surface area contributed by atoms with E-state index < -0.39 is 0 Å². The third-order valence-electron chi connectivity index (χ3n) is 5.82. The van der Waals surface area contributed by atoms with Crippen LogP contribution in [0.3, 0.4) is 0 Å². The van der Waals surface area contributed by atoms with Crippen molar-refractivity contribution in [1.82, 2.24) is 20.0 Å². The van der Waals surface area contributed by atoms with Gasteiger partial charge in [0.1, 0.15) is 0 Å². The molecular formula is C18H32N4O3. The SMILES string of the molecule is CC(C(=O)N1CCOCC1)N1CCN(C(=O)CCC2CCNC2)CC1. The van der Waals surface area contributed by atoms with Gasteiger partial charge >= 0.3 is 0 Å². The molecule has 7 nitrogen and oxygen atoms in total. The molecule has 0 aromatic carbocycles. The van der Waals surface area contributed by atoms with E-state index in [1.165, 1.54) is 6.42 Å². The standard InChI is InChI=1S/C18H32N4O3/c1-15(18(24)22-10-12-25-13-11-22)20-6-8-21(9-7-20)17(23)3-2-16-4-5-19-14-16/h15-16,19H,2-14H2,1H3. The fraction of sp³-hybridized carbons (Fsp3) is 0.889. The lowest BCUT2D eigenvalue weighted by molar-refractivity contribution is -0.142. The lowest BCUT2D eigenvalue weighted by atomic mass is 10.0. The molecule has 3 aliphatic rings. The number of hydrogen-bond donors (Lipinski definition) is 1. The predicted octanol–water partition coefficient (Wildman–Crippen LogP) is -0.232.